The summed E-state index contributed by atoms with van der Waals surface area (Å²) in [6.45, 7) is 6.34. The van der Waals surface area contributed by atoms with Gasteiger partial charge >= 0.3 is 11.9 Å². The Kier molecular flexibility index (Phi) is 4.76. The van der Waals surface area contributed by atoms with E-state index >= 15 is 0 Å². The van der Waals surface area contributed by atoms with Crippen molar-refractivity contribution in [3.05, 3.63) is 5.53 Å². The number of rotatable bonds is 4. The van der Waals surface area contributed by atoms with E-state index < -0.39 is 23.8 Å². The predicted octanol–water partition coefficient (Wildman–Crippen LogP) is 1.25. The fourth-order valence-electron chi connectivity index (χ4n) is 0.383. The van der Waals surface area contributed by atoms with E-state index in [9.17, 15) is 9.59 Å². The molecule has 0 aromatic rings. The van der Waals surface area contributed by atoms with Gasteiger partial charge in [0.2, 0.25) is 0 Å². The molecule has 0 fully saturated rings. The normalized spacial score (nSPS) is 10.1. The SMILES string of the molecule is CC(C)C(=O)O[N+](=[N-])OC(=O)C(C)C. The number of carbonyl (C=O) groups is 2. The van der Waals surface area contributed by atoms with Gasteiger partial charge in [-0.25, -0.2) is 9.59 Å². The first kappa shape index (κ1) is 12.5. The monoisotopic (exact) mass is 202 g/mol. The third kappa shape index (κ3) is 4.54. The lowest BCUT2D eigenvalue weighted by atomic mass is 10.2. The fraction of sp³-hybridized carbons (Fsp3) is 0.750. The summed E-state index contributed by atoms with van der Waals surface area (Å²) in [5.74, 6) is -2.21. The minimum Gasteiger partial charge on any atom is -0.390 e. The molecule has 6 nitrogen and oxygen atoms in total. The third-order valence-electron chi connectivity index (χ3n) is 1.28. The van der Waals surface area contributed by atoms with E-state index in [0.717, 1.165) is 0 Å². The molecule has 0 rings (SSSR count). The molecule has 0 aromatic heterocycles. The van der Waals surface area contributed by atoms with Crippen molar-refractivity contribution in [2.24, 2.45) is 11.8 Å². The van der Waals surface area contributed by atoms with Crippen LogP contribution in [-0.4, -0.2) is 17.0 Å². The first-order valence-corrected chi connectivity index (χ1v) is 4.27. The topological polar surface area (TPSA) is 77.9 Å². The van der Waals surface area contributed by atoms with Crippen LogP contribution in [-0.2, 0) is 19.3 Å². The van der Waals surface area contributed by atoms with Crippen LogP contribution in [0.4, 0.5) is 0 Å². The Morgan fingerprint density at radius 1 is 1.00 bits per heavy atom. The van der Waals surface area contributed by atoms with Gasteiger partial charge < -0.3 is 5.53 Å². The van der Waals surface area contributed by atoms with Crippen LogP contribution < -0.4 is 0 Å². The Morgan fingerprint density at radius 2 is 1.29 bits per heavy atom. The van der Waals surface area contributed by atoms with Gasteiger partial charge in [-0.3, -0.25) is 0 Å². The minimum atomic E-state index is -0.691. The van der Waals surface area contributed by atoms with Crippen LogP contribution in [0.15, 0.2) is 0 Å². The van der Waals surface area contributed by atoms with Gasteiger partial charge in [-0.15, -0.1) is 0 Å². The minimum absolute atomic E-state index is 0.218. The average molecular weight is 202 g/mol. The van der Waals surface area contributed by atoms with Gasteiger partial charge in [-0.2, -0.15) is 9.68 Å². The molecule has 0 unspecified atom stereocenters. The zero-order valence-electron chi connectivity index (χ0n) is 8.68. The second kappa shape index (κ2) is 5.31. The van der Waals surface area contributed by atoms with Gasteiger partial charge in [0.15, 0.2) is 0 Å². The molecular weight excluding hydrogens is 188 g/mol. The molecule has 0 saturated carbocycles. The molecule has 0 N–H and O–H groups in total. The number of nitrogens with zero attached hydrogens (tertiary/aromatic N) is 2. The molecule has 0 aliphatic carbocycles. The zero-order valence-corrected chi connectivity index (χ0v) is 8.68. The Hall–Kier alpha value is -1.46. The van der Waals surface area contributed by atoms with Crippen LogP contribution in [0.3, 0.4) is 0 Å². The van der Waals surface area contributed by atoms with Gasteiger partial charge in [0.25, 0.3) is 0 Å². The highest BCUT2D eigenvalue weighted by Gasteiger charge is 2.20. The predicted molar refractivity (Wildman–Crippen MR) is 45.5 cm³/mol. The van der Waals surface area contributed by atoms with E-state index in [4.69, 9.17) is 5.53 Å². The van der Waals surface area contributed by atoms with Gasteiger partial charge in [-0.05, 0) is 0 Å². The highest BCUT2D eigenvalue weighted by molar-refractivity contribution is 5.71. The van der Waals surface area contributed by atoms with E-state index in [0.29, 0.717) is 0 Å². The number of hydrogen-bond acceptors (Lipinski definition) is 4. The molecule has 0 aliphatic heterocycles. The van der Waals surface area contributed by atoms with Crippen LogP contribution in [0, 0.1) is 11.8 Å². The zero-order chi connectivity index (χ0) is 11.3. The first-order chi connectivity index (χ1) is 6.34. The van der Waals surface area contributed by atoms with Crippen LogP contribution >= 0.6 is 0 Å². The summed E-state index contributed by atoms with van der Waals surface area (Å²) in [5, 5.41) is -0.218. The van der Waals surface area contributed by atoms with Crippen LogP contribution in [0.5, 0.6) is 0 Å². The van der Waals surface area contributed by atoms with Crippen molar-refractivity contribution in [2.75, 3.05) is 0 Å². The third-order valence-corrected chi connectivity index (χ3v) is 1.28. The first-order valence-electron chi connectivity index (χ1n) is 4.27. The maximum atomic E-state index is 10.9. The quantitative estimate of drug-likeness (QED) is 0.507. The summed E-state index contributed by atoms with van der Waals surface area (Å²) in [7, 11) is 0. The van der Waals surface area contributed by atoms with Gasteiger partial charge in [0.1, 0.15) is 5.02 Å². The summed E-state index contributed by atoms with van der Waals surface area (Å²) in [5.41, 5.74) is 8.84. The number of carbonyl (C=O) groups excluding carboxylic acids is 2. The summed E-state index contributed by atoms with van der Waals surface area (Å²) < 4.78 is 0. The second-order valence-corrected chi connectivity index (χ2v) is 3.37. The lowest BCUT2D eigenvalue weighted by Crippen LogP contribution is -2.24. The highest BCUT2D eigenvalue weighted by Crippen LogP contribution is 2.00. The smallest absolute Gasteiger partial charge is 0.387 e. The molecule has 0 saturated heterocycles. The van der Waals surface area contributed by atoms with E-state index in [-0.39, 0.29) is 5.02 Å². The molecule has 0 heterocycles. The van der Waals surface area contributed by atoms with Crippen molar-refractivity contribution in [2.45, 2.75) is 27.7 Å². The Balaban J connectivity index is 4.00. The summed E-state index contributed by atoms with van der Waals surface area (Å²) in [4.78, 5) is 30.3. The van der Waals surface area contributed by atoms with Crippen molar-refractivity contribution in [3.63, 3.8) is 0 Å². The maximum absolute atomic E-state index is 10.9. The fourth-order valence-corrected chi connectivity index (χ4v) is 0.383. The van der Waals surface area contributed by atoms with E-state index in [1.165, 1.54) is 0 Å². The molecule has 80 valence electrons. The lowest BCUT2D eigenvalue weighted by molar-refractivity contribution is -0.946. The van der Waals surface area contributed by atoms with Crippen molar-refractivity contribution in [1.29, 1.82) is 0 Å². The van der Waals surface area contributed by atoms with Gasteiger partial charge in [-0.1, -0.05) is 27.7 Å². The highest BCUT2D eigenvalue weighted by atomic mass is 17.0. The molecule has 0 aromatic carbocycles. The maximum Gasteiger partial charge on any atom is 0.387 e. The van der Waals surface area contributed by atoms with Crippen molar-refractivity contribution < 1.29 is 24.3 Å². The molecule has 0 amide bonds. The molecule has 0 spiro atoms. The molecule has 6 heteroatoms. The molecule has 0 atom stereocenters. The second-order valence-electron chi connectivity index (χ2n) is 3.37. The van der Waals surface area contributed by atoms with Crippen LogP contribution in [0.1, 0.15) is 27.7 Å². The van der Waals surface area contributed by atoms with Crippen LogP contribution in [0.25, 0.3) is 5.53 Å². The summed E-state index contributed by atoms with van der Waals surface area (Å²) in [6.07, 6.45) is 0. The van der Waals surface area contributed by atoms with Gasteiger partial charge in [0.05, 0.1) is 11.8 Å². The van der Waals surface area contributed by atoms with E-state index in [1.54, 1.807) is 27.7 Å². The van der Waals surface area contributed by atoms with Gasteiger partial charge in [0, 0.05) is 0 Å². The molecule has 0 radical (unpaired) electrons. The van der Waals surface area contributed by atoms with Crippen molar-refractivity contribution in [1.82, 2.24) is 0 Å². The standard InChI is InChI=1S/C8H14N2O4/c1-5(2)7(11)13-10(9)14-8(12)6(3)4/h5-6H,1-4H3. The van der Waals surface area contributed by atoms with Crippen molar-refractivity contribution in [3.8, 4) is 0 Å². The molecular formula is C8H14N2O4. The molecule has 14 heavy (non-hydrogen) atoms. The van der Waals surface area contributed by atoms with Crippen molar-refractivity contribution >= 4 is 11.9 Å². The van der Waals surface area contributed by atoms with Crippen LogP contribution in [0.2, 0.25) is 0 Å². The molecule has 0 bridgehead atoms. The average Bonchev–Trinajstić information content (AvgIpc) is 2.03. The van der Waals surface area contributed by atoms with E-state index in [2.05, 4.69) is 9.68 Å². The Morgan fingerprint density at radius 3 is 1.50 bits per heavy atom. The van der Waals surface area contributed by atoms with E-state index in [1.807, 2.05) is 0 Å². The Bertz CT molecular complexity index is 224. The largest absolute Gasteiger partial charge is 0.390 e. The molecule has 0 aliphatic rings. The summed E-state index contributed by atoms with van der Waals surface area (Å²) >= 11 is 0. The lowest BCUT2D eigenvalue weighted by Gasteiger charge is -2.04. The number of hydrogen-bond donors (Lipinski definition) is 0. The Labute approximate surface area is 82.2 Å². The summed E-state index contributed by atoms with van der Waals surface area (Å²) in [6, 6.07) is 0.